The normalized spacial score (nSPS) is 11.3. The fourth-order valence-corrected chi connectivity index (χ4v) is 3.39. The number of halogens is 2. The smallest absolute Gasteiger partial charge is 0.322 e. The highest BCUT2D eigenvalue weighted by Gasteiger charge is 2.21. The number of nitrogens with one attached hydrogen (secondary N) is 1. The molecule has 10 heteroatoms. The van der Waals surface area contributed by atoms with Crippen molar-refractivity contribution in [2.75, 3.05) is 11.1 Å². The van der Waals surface area contributed by atoms with E-state index in [1.54, 1.807) is 24.3 Å². The van der Waals surface area contributed by atoms with Crippen molar-refractivity contribution in [3.05, 3.63) is 59.4 Å². The molecule has 7 nitrogen and oxygen atoms in total. The van der Waals surface area contributed by atoms with Crippen LogP contribution in [0.4, 0.5) is 10.4 Å². The third-order valence-corrected chi connectivity index (χ3v) is 5.10. The number of amides is 1. The Bertz CT molecular complexity index is 1050. The summed E-state index contributed by atoms with van der Waals surface area (Å²) in [4.78, 5) is 11.8. The van der Waals surface area contributed by atoms with Gasteiger partial charge in [-0.1, -0.05) is 22.8 Å². The molecule has 2 aromatic carbocycles. The van der Waals surface area contributed by atoms with Gasteiger partial charge in [0.15, 0.2) is 9.84 Å². The van der Waals surface area contributed by atoms with Gasteiger partial charge < -0.3 is 4.42 Å². The third-order valence-electron chi connectivity index (χ3n) is 3.24. The SMILES string of the molecule is O=C(CS(=O)(=O)c1ccc(F)cc1)Nc1nnc(-c2cccc(Cl)c2)o1. The largest absolute Gasteiger partial charge is 0.403 e. The van der Waals surface area contributed by atoms with E-state index in [-0.39, 0.29) is 16.8 Å². The maximum absolute atomic E-state index is 12.9. The molecular formula is C16H11ClFN3O4S. The summed E-state index contributed by atoms with van der Waals surface area (Å²) in [5, 5.41) is 10.1. The lowest BCUT2D eigenvalue weighted by atomic mass is 10.2. The van der Waals surface area contributed by atoms with E-state index in [0.29, 0.717) is 10.6 Å². The van der Waals surface area contributed by atoms with Crippen molar-refractivity contribution < 1.29 is 22.0 Å². The predicted octanol–water partition coefficient (Wildman–Crippen LogP) is 2.94. The minimum Gasteiger partial charge on any atom is -0.403 e. The van der Waals surface area contributed by atoms with Gasteiger partial charge in [0.1, 0.15) is 11.6 Å². The standard InChI is InChI=1S/C16H11ClFN3O4S/c17-11-3-1-2-10(8-11)15-20-21-16(25-15)19-14(22)9-26(23,24)13-6-4-12(18)5-7-13/h1-8H,9H2,(H,19,21,22). The number of nitrogens with zero attached hydrogens (tertiary/aromatic N) is 2. The summed E-state index contributed by atoms with van der Waals surface area (Å²) < 4.78 is 42.4. The molecule has 134 valence electrons. The van der Waals surface area contributed by atoms with E-state index in [0.717, 1.165) is 24.3 Å². The van der Waals surface area contributed by atoms with Crippen LogP contribution < -0.4 is 5.32 Å². The maximum atomic E-state index is 12.9. The molecule has 0 unspecified atom stereocenters. The highest BCUT2D eigenvalue weighted by Crippen LogP contribution is 2.22. The number of hydrogen-bond donors (Lipinski definition) is 1. The average Bonchev–Trinajstić information content (AvgIpc) is 3.03. The summed E-state index contributed by atoms with van der Waals surface area (Å²) in [6.07, 6.45) is 0. The number of rotatable bonds is 5. The number of carbonyl (C=O) groups excluding carboxylic acids is 1. The number of aromatic nitrogens is 2. The first kappa shape index (κ1) is 18.0. The molecule has 0 saturated heterocycles. The molecule has 0 atom stereocenters. The van der Waals surface area contributed by atoms with Crippen LogP contribution in [0.2, 0.25) is 5.02 Å². The fourth-order valence-electron chi connectivity index (χ4n) is 2.07. The molecule has 0 aliphatic rings. The van der Waals surface area contributed by atoms with Crippen molar-refractivity contribution in [2.45, 2.75) is 4.90 Å². The summed E-state index contributed by atoms with van der Waals surface area (Å²) >= 11 is 5.88. The van der Waals surface area contributed by atoms with Gasteiger partial charge in [-0.2, -0.15) is 0 Å². The predicted molar refractivity (Wildman–Crippen MR) is 91.8 cm³/mol. The van der Waals surface area contributed by atoms with E-state index in [9.17, 15) is 17.6 Å². The van der Waals surface area contributed by atoms with Crippen LogP contribution in [-0.4, -0.2) is 30.3 Å². The lowest BCUT2D eigenvalue weighted by Crippen LogP contribution is -2.23. The number of benzene rings is 2. The van der Waals surface area contributed by atoms with Gasteiger partial charge in [0.05, 0.1) is 4.90 Å². The van der Waals surface area contributed by atoms with Crippen LogP contribution in [0.25, 0.3) is 11.5 Å². The first-order valence-corrected chi connectivity index (χ1v) is 9.24. The maximum Gasteiger partial charge on any atom is 0.322 e. The molecule has 3 rings (SSSR count). The van der Waals surface area contributed by atoms with E-state index in [1.807, 2.05) is 0 Å². The van der Waals surface area contributed by atoms with Gasteiger partial charge >= 0.3 is 6.01 Å². The van der Waals surface area contributed by atoms with Gasteiger partial charge in [0.2, 0.25) is 11.8 Å². The molecule has 26 heavy (non-hydrogen) atoms. The van der Waals surface area contributed by atoms with Gasteiger partial charge in [-0.15, -0.1) is 5.10 Å². The van der Waals surface area contributed by atoms with E-state index >= 15 is 0 Å². The van der Waals surface area contributed by atoms with E-state index < -0.39 is 27.3 Å². The quantitative estimate of drug-likeness (QED) is 0.666. The Morgan fingerprint density at radius 3 is 2.58 bits per heavy atom. The number of hydrogen-bond acceptors (Lipinski definition) is 6. The molecule has 0 bridgehead atoms. The van der Waals surface area contributed by atoms with Crippen molar-refractivity contribution in [3.8, 4) is 11.5 Å². The zero-order valence-corrected chi connectivity index (χ0v) is 14.6. The van der Waals surface area contributed by atoms with E-state index in [4.69, 9.17) is 16.0 Å². The van der Waals surface area contributed by atoms with Crippen LogP contribution in [0.15, 0.2) is 57.8 Å². The Labute approximate surface area is 152 Å². The second kappa shape index (κ2) is 7.22. The van der Waals surface area contributed by atoms with Crippen LogP contribution >= 0.6 is 11.6 Å². The first-order valence-electron chi connectivity index (χ1n) is 7.21. The summed E-state index contributed by atoms with van der Waals surface area (Å²) in [7, 11) is -3.93. The van der Waals surface area contributed by atoms with E-state index in [2.05, 4.69) is 15.5 Å². The van der Waals surface area contributed by atoms with Gasteiger partial charge in [0.25, 0.3) is 0 Å². The highest BCUT2D eigenvalue weighted by molar-refractivity contribution is 7.92. The molecule has 3 aromatic rings. The lowest BCUT2D eigenvalue weighted by molar-refractivity contribution is -0.114. The van der Waals surface area contributed by atoms with Crippen molar-refractivity contribution in [3.63, 3.8) is 0 Å². The molecule has 0 spiro atoms. The minimum absolute atomic E-state index is 0.115. The topological polar surface area (TPSA) is 102 Å². The Balaban J connectivity index is 1.70. The van der Waals surface area contributed by atoms with Gasteiger partial charge in [0, 0.05) is 10.6 Å². The Morgan fingerprint density at radius 2 is 1.88 bits per heavy atom. The fraction of sp³-hybridized carbons (Fsp3) is 0.0625. The van der Waals surface area contributed by atoms with Gasteiger partial charge in [-0.25, -0.2) is 12.8 Å². The zero-order chi connectivity index (χ0) is 18.7. The molecule has 0 fully saturated rings. The molecule has 0 aliphatic carbocycles. The lowest BCUT2D eigenvalue weighted by Gasteiger charge is -2.03. The van der Waals surface area contributed by atoms with E-state index in [1.165, 1.54) is 0 Å². The van der Waals surface area contributed by atoms with Crippen molar-refractivity contribution in [1.29, 1.82) is 0 Å². The molecule has 0 radical (unpaired) electrons. The first-order chi connectivity index (χ1) is 12.3. The molecule has 0 aliphatic heterocycles. The zero-order valence-electron chi connectivity index (χ0n) is 13.0. The van der Waals surface area contributed by atoms with Crippen LogP contribution in [0.5, 0.6) is 0 Å². The average molecular weight is 396 g/mol. The summed E-state index contributed by atoms with van der Waals surface area (Å²) in [5.41, 5.74) is 0.546. The van der Waals surface area contributed by atoms with Gasteiger partial charge in [-0.3, -0.25) is 10.1 Å². The van der Waals surface area contributed by atoms with Crippen molar-refractivity contribution in [2.24, 2.45) is 0 Å². The second-order valence-corrected chi connectivity index (χ2v) is 7.61. The van der Waals surface area contributed by atoms with Crippen molar-refractivity contribution >= 4 is 33.4 Å². The molecule has 1 N–H and O–H groups in total. The second-order valence-electron chi connectivity index (χ2n) is 5.18. The van der Waals surface area contributed by atoms with Crippen LogP contribution in [0.3, 0.4) is 0 Å². The third kappa shape index (κ3) is 4.24. The number of carbonyl (C=O) groups is 1. The van der Waals surface area contributed by atoms with Gasteiger partial charge in [-0.05, 0) is 42.5 Å². The van der Waals surface area contributed by atoms with Crippen molar-refractivity contribution in [1.82, 2.24) is 10.2 Å². The highest BCUT2D eigenvalue weighted by atomic mass is 35.5. The molecule has 1 heterocycles. The molecule has 0 saturated carbocycles. The summed E-state index contributed by atoms with van der Waals surface area (Å²) in [6, 6.07) is 10.6. The monoisotopic (exact) mass is 395 g/mol. The molecule has 1 aromatic heterocycles. The van der Waals surface area contributed by atoms with Crippen LogP contribution in [0.1, 0.15) is 0 Å². The number of anilines is 1. The molecular weight excluding hydrogens is 385 g/mol. The molecule has 1 amide bonds. The summed E-state index contributed by atoms with van der Waals surface area (Å²) in [5.74, 6) is -2.18. The Morgan fingerprint density at radius 1 is 1.15 bits per heavy atom. The summed E-state index contributed by atoms with van der Waals surface area (Å²) in [6.45, 7) is 0. The Kier molecular flexibility index (Phi) is 5.01. The minimum atomic E-state index is -3.93. The Hall–Kier alpha value is -2.78. The van der Waals surface area contributed by atoms with Crippen LogP contribution in [0, 0.1) is 5.82 Å². The number of sulfone groups is 1. The van der Waals surface area contributed by atoms with Crippen LogP contribution in [-0.2, 0) is 14.6 Å².